The first-order valence-corrected chi connectivity index (χ1v) is 7.82. The summed E-state index contributed by atoms with van der Waals surface area (Å²) in [4.78, 5) is 0.364. The molecule has 2 heteroatoms. The van der Waals surface area contributed by atoms with E-state index in [0.717, 1.165) is 17.2 Å². The zero-order valence-corrected chi connectivity index (χ0v) is 12.3. The summed E-state index contributed by atoms with van der Waals surface area (Å²) in [7, 11) is 1.74. The highest BCUT2D eigenvalue weighted by atomic mass is 31.1. The molecule has 2 atom stereocenters. The Bertz CT molecular complexity index is 405. The topological polar surface area (TPSA) is 0 Å². The Labute approximate surface area is 107 Å². The summed E-state index contributed by atoms with van der Waals surface area (Å²) in [6.07, 6.45) is 0. The van der Waals surface area contributed by atoms with Crippen molar-refractivity contribution in [3.63, 3.8) is 0 Å². The second-order valence-corrected chi connectivity index (χ2v) is 9.26. The maximum atomic E-state index is 2.36. The Morgan fingerprint density at radius 2 is 1.00 bits per heavy atom. The Morgan fingerprint density at radius 3 is 1.35 bits per heavy atom. The van der Waals surface area contributed by atoms with Gasteiger partial charge in [-0.1, -0.05) is 91.7 Å². The van der Waals surface area contributed by atoms with Gasteiger partial charge in [0.05, 0.1) is 0 Å². The van der Waals surface area contributed by atoms with E-state index in [-0.39, 0.29) is 0 Å². The summed E-state index contributed by atoms with van der Waals surface area (Å²) < 4.78 is 0. The van der Waals surface area contributed by atoms with Gasteiger partial charge in [0.1, 0.15) is 0 Å². The SMILES string of the molecule is CC(C)(Pc1ccccc1)Pc1ccccc1. The molecule has 0 spiro atoms. The number of rotatable bonds is 4. The van der Waals surface area contributed by atoms with Crippen LogP contribution in [-0.4, -0.2) is 4.90 Å². The van der Waals surface area contributed by atoms with Gasteiger partial charge in [0, 0.05) is 4.90 Å². The van der Waals surface area contributed by atoms with E-state index in [2.05, 4.69) is 74.5 Å². The maximum Gasteiger partial charge on any atom is 0.00754 e. The van der Waals surface area contributed by atoms with E-state index in [1.165, 1.54) is 10.6 Å². The lowest BCUT2D eigenvalue weighted by molar-refractivity contribution is 1.02. The Morgan fingerprint density at radius 1 is 0.647 bits per heavy atom. The molecule has 0 aliphatic heterocycles. The summed E-state index contributed by atoms with van der Waals surface area (Å²) in [6, 6.07) is 21.6. The van der Waals surface area contributed by atoms with Gasteiger partial charge in [0.25, 0.3) is 0 Å². The van der Waals surface area contributed by atoms with Gasteiger partial charge >= 0.3 is 0 Å². The van der Waals surface area contributed by atoms with Crippen molar-refractivity contribution in [3.05, 3.63) is 60.7 Å². The van der Waals surface area contributed by atoms with Crippen molar-refractivity contribution in [3.8, 4) is 0 Å². The smallest absolute Gasteiger partial charge is 0.00754 e. The Kier molecular flexibility index (Phi) is 4.32. The molecule has 0 saturated heterocycles. The predicted molar refractivity (Wildman–Crippen MR) is 82.9 cm³/mol. The molecule has 88 valence electrons. The second kappa shape index (κ2) is 5.76. The van der Waals surface area contributed by atoms with Crippen molar-refractivity contribution in [2.24, 2.45) is 0 Å². The average Bonchev–Trinajstić information content (AvgIpc) is 2.30. The van der Waals surface area contributed by atoms with Crippen molar-refractivity contribution in [1.29, 1.82) is 0 Å². The van der Waals surface area contributed by atoms with Crippen molar-refractivity contribution in [1.82, 2.24) is 0 Å². The van der Waals surface area contributed by atoms with Crippen LogP contribution < -0.4 is 10.6 Å². The predicted octanol–water partition coefficient (Wildman–Crippen LogP) is 3.73. The molecular weight excluding hydrogens is 242 g/mol. The molecule has 17 heavy (non-hydrogen) atoms. The lowest BCUT2D eigenvalue weighted by Gasteiger charge is -2.25. The summed E-state index contributed by atoms with van der Waals surface area (Å²) in [5, 5.41) is 2.92. The molecule has 0 heterocycles. The van der Waals surface area contributed by atoms with E-state index in [4.69, 9.17) is 0 Å². The highest BCUT2D eigenvalue weighted by molar-refractivity contribution is 7.67. The van der Waals surface area contributed by atoms with Crippen LogP contribution in [0.3, 0.4) is 0 Å². The van der Waals surface area contributed by atoms with Gasteiger partial charge in [-0.2, -0.15) is 0 Å². The van der Waals surface area contributed by atoms with E-state index in [9.17, 15) is 0 Å². The minimum atomic E-state index is 0.364. The van der Waals surface area contributed by atoms with Gasteiger partial charge in [-0.15, -0.1) is 0 Å². The Balaban J connectivity index is 2.04. The molecule has 0 nitrogen and oxygen atoms in total. The monoisotopic (exact) mass is 260 g/mol. The van der Waals surface area contributed by atoms with Crippen LogP contribution in [0.25, 0.3) is 0 Å². The minimum Gasteiger partial charge on any atom is -0.0801 e. The highest BCUT2D eigenvalue weighted by Gasteiger charge is 2.18. The van der Waals surface area contributed by atoms with Gasteiger partial charge < -0.3 is 0 Å². The van der Waals surface area contributed by atoms with Crippen LogP contribution in [0.4, 0.5) is 0 Å². The van der Waals surface area contributed by atoms with Crippen LogP contribution in [0.5, 0.6) is 0 Å². The largest absolute Gasteiger partial charge is 0.0801 e. The molecule has 0 aliphatic rings. The molecular formula is C15H18P2. The molecule has 0 aromatic heterocycles. The van der Waals surface area contributed by atoms with Crippen LogP contribution >= 0.6 is 17.2 Å². The first kappa shape index (κ1) is 12.7. The molecule has 0 saturated carbocycles. The average molecular weight is 260 g/mol. The van der Waals surface area contributed by atoms with E-state index in [1.807, 2.05) is 0 Å². The molecule has 0 aliphatic carbocycles. The number of benzene rings is 2. The zero-order chi connectivity index (χ0) is 12.1. The van der Waals surface area contributed by atoms with Crippen molar-refractivity contribution in [2.45, 2.75) is 18.7 Å². The third-order valence-electron chi connectivity index (χ3n) is 2.46. The van der Waals surface area contributed by atoms with Gasteiger partial charge in [-0.25, -0.2) is 0 Å². The van der Waals surface area contributed by atoms with E-state index in [0.29, 0.717) is 4.90 Å². The van der Waals surface area contributed by atoms with E-state index < -0.39 is 0 Å². The lowest BCUT2D eigenvalue weighted by Crippen LogP contribution is -2.14. The third-order valence-corrected chi connectivity index (χ3v) is 5.71. The summed E-state index contributed by atoms with van der Waals surface area (Å²) in [5.74, 6) is 0. The van der Waals surface area contributed by atoms with Crippen molar-refractivity contribution >= 4 is 27.8 Å². The molecule has 0 N–H and O–H groups in total. The van der Waals surface area contributed by atoms with E-state index >= 15 is 0 Å². The van der Waals surface area contributed by atoms with Crippen LogP contribution in [0.1, 0.15) is 13.8 Å². The summed E-state index contributed by atoms with van der Waals surface area (Å²) in [6.45, 7) is 4.73. The standard InChI is InChI=1S/C15H18P2/c1-15(2,16-13-9-5-3-6-10-13)17-14-11-7-4-8-12-14/h3-12,16-17H,1-2H3. The normalized spacial score (nSPS) is 12.8. The Hall–Kier alpha value is -0.700. The molecule has 2 rings (SSSR count). The van der Waals surface area contributed by atoms with Crippen LogP contribution in [0.2, 0.25) is 0 Å². The second-order valence-electron chi connectivity index (χ2n) is 4.61. The van der Waals surface area contributed by atoms with Crippen LogP contribution in [-0.2, 0) is 0 Å². The van der Waals surface area contributed by atoms with Crippen molar-refractivity contribution < 1.29 is 0 Å². The lowest BCUT2D eigenvalue weighted by atomic mass is 10.4. The zero-order valence-electron chi connectivity index (χ0n) is 10.3. The minimum absolute atomic E-state index is 0.364. The molecule has 0 fully saturated rings. The molecule has 2 unspecified atom stereocenters. The van der Waals surface area contributed by atoms with Crippen LogP contribution in [0, 0.1) is 0 Å². The van der Waals surface area contributed by atoms with Gasteiger partial charge in [-0.3, -0.25) is 0 Å². The quantitative estimate of drug-likeness (QED) is 0.735. The van der Waals surface area contributed by atoms with Gasteiger partial charge in [0.15, 0.2) is 0 Å². The van der Waals surface area contributed by atoms with Crippen molar-refractivity contribution in [2.75, 3.05) is 0 Å². The summed E-state index contributed by atoms with van der Waals surface area (Å²) >= 11 is 0. The number of hydrogen-bond donors (Lipinski definition) is 0. The summed E-state index contributed by atoms with van der Waals surface area (Å²) in [5.41, 5.74) is 0. The molecule has 0 radical (unpaired) electrons. The third kappa shape index (κ3) is 4.23. The van der Waals surface area contributed by atoms with E-state index in [1.54, 1.807) is 0 Å². The molecule has 0 bridgehead atoms. The fraction of sp³-hybridized carbons (Fsp3) is 0.200. The van der Waals surface area contributed by atoms with Gasteiger partial charge in [-0.05, 0) is 10.6 Å². The fourth-order valence-corrected chi connectivity index (χ4v) is 5.07. The number of hydrogen-bond acceptors (Lipinski definition) is 0. The van der Waals surface area contributed by atoms with Gasteiger partial charge in [0.2, 0.25) is 0 Å². The fourth-order valence-electron chi connectivity index (χ4n) is 1.80. The first-order chi connectivity index (χ1) is 8.16. The molecule has 0 amide bonds. The molecule has 2 aromatic rings. The highest BCUT2D eigenvalue weighted by Crippen LogP contribution is 2.44. The molecule has 2 aromatic carbocycles. The van der Waals surface area contributed by atoms with Crippen LogP contribution in [0.15, 0.2) is 60.7 Å². The maximum absolute atomic E-state index is 2.36. The first-order valence-electron chi connectivity index (χ1n) is 5.82.